The number of methoxy groups -OCH3 is 1. The quantitative estimate of drug-likeness (QED) is 0.730. The summed E-state index contributed by atoms with van der Waals surface area (Å²) in [6.45, 7) is 2.34. The fourth-order valence-corrected chi connectivity index (χ4v) is 3.25. The first kappa shape index (κ1) is 17.9. The maximum atomic E-state index is 12.3. The topological polar surface area (TPSA) is 86.9 Å². The fourth-order valence-electron chi connectivity index (χ4n) is 3.25. The van der Waals surface area contributed by atoms with Crippen LogP contribution in [0.3, 0.4) is 0 Å². The predicted octanol–water partition coefficient (Wildman–Crippen LogP) is 1.69. The molecule has 0 spiro atoms. The normalized spacial score (nSPS) is 19.9. The van der Waals surface area contributed by atoms with Crippen molar-refractivity contribution in [2.24, 2.45) is 0 Å². The van der Waals surface area contributed by atoms with E-state index in [1.165, 1.54) is 0 Å². The molecule has 0 aliphatic carbocycles. The van der Waals surface area contributed by atoms with E-state index in [1.54, 1.807) is 12.0 Å². The van der Waals surface area contributed by atoms with E-state index in [4.69, 9.17) is 18.7 Å². The molecule has 1 aromatic carbocycles. The van der Waals surface area contributed by atoms with E-state index in [9.17, 15) is 4.79 Å². The van der Waals surface area contributed by atoms with Crippen LogP contribution in [0, 0.1) is 0 Å². The molecule has 8 nitrogen and oxygen atoms in total. The van der Waals surface area contributed by atoms with Gasteiger partial charge in [0.05, 0.1) is 25.3 Å². The number of amides is 1. The van der Waals surface area contributed by atoms with Crippen molar-refractivity contribution >= 4 is 5.91 Å². The third-order valence-electron chi connectivity index (χ3n) is 4.77. The van der Waals surface area contributed by atoms with Crippen LogP contribution in [0.2, 0.25) is 0 Å². The van der Waals surface area contributed by atoms with Gasteiger partial charge >= 0.3 is 0 Å². The second-order valence-corrected chi connectivity index (χ2v) is 6.74. The van der Waals surface area contributed by atoms with Crippen LogP contribution in [-0.4, -0.2) is 66.6 Å². The lowest BCUT2D eigenvalue weighted by Gasteiger charge is -2.40. The summed E-state index contributed by atoms with van der Waals surface area (Å²) in [5.74, 6) is 1.76. The Kier molecular flexibility index (Phi) is 5.35. The van der Waals surface area contributed by atoms with Crippen molar-refractivity contribution in [1.82, 2.24) is 15.0 Å². The summed E-state index contributed by atoms with van der Waals surface area (Å²) in [5.41, 5.74) is 0.748. The Morgan fingerprint density at radius 2 is 2.19 bits per heavy atom. The number of carbonyl (C=O) groups is 1. The lowest BCUT2D eigenvalue weighted by Crippen LogP contribution is -2.58. The number of benzene rings is 1. The molecule has 2 aliphatic heterocycles. The number of ether oxygens (including phenoxy) is 3. The molecule has 1 amide bonds. The minimum Gasteiger partial charge on any atom is -0.486 e. The Labute approximate surface area is 157 Å². The van der Waals surface area contributed by atoms with Crippen LogP contribution in [0.25, 0.3) is 11.5 Å². The molecule has 0 N–H and O–H groups in total. The van der Waals surface area contributed by atoms with Crippen molar-refractivity contribution in [3.8, 4) is 17.2 Å². The molecule has 0 radical (unpaired) electrons. The van der Waals surface area contributed by atoms with Gasteiger partial charge in [-0.3, -0.25) is 4.79 Å². The first-order valence-electron chi connectivity index (χ1n) is 9.22. The van der Waals surface area contributed by atoms with Crippen LogP contribution < -0.4 is 4.74 Å². The Morgan fingerprint density at radius 3 is 2.96 bits per heavy atom. The summed E-state index contributed by atoms with van der Waals surface area (Å²) in [6, 6.07) is 7.56. The molecule has 1 aromatic heterocycles. The monoisotopic (exact) mass is 373 g/mol. The molecule has 144 valence electrons. The Morgan fingerprint density at radius 1 is 1.33 bits per heavy atom. The highest BCUT2D eigenvalue weighted by Gasteiger charge is 2.37. The molecule has 2 aromatic rings. The van der Waals surface area contributed by atoms with Crippen molar-refractivity contribution in [2.45, 2.75) is 31.5 Å². The molecule has 4 rings (SSSR count). The van der Waals surface area contributed by atoms with Gasteiger partial charge in [0.2, 0.25) is 0 Å². The number of likely N-dealkylation sites (tertiary alicyclic amines) is 1. The average Bonchev–Trinajstić information content (AvgIpc) is 3.34. The lowest BCUT2D eigenvalue weighted by atomic mass is 10.1. The maximum absolute atomic E-state index is 12.3. The number of carbonyl (C=O) groups excluding carboxylic acids is 1. The minimum atomic E-state index is -0.276. The van der Waals surface area contributed by atoms with Crippen LogP contribution in [-0.2, 0) is 20.7 Å². The molecule has 27 heavy (non-hydrogen) atoms. The van der Waals surface area contributed by atoms with Gasteiger partial charge in [-0.25, -0.2) is 0 Å². The van der Waals surface area contributed by atoms with Gasteiger partial charge in [0, 0.05) is 20.1 Å². The summed E-state index contributed by atoms with van der Waals surface area (Å²) in [6.07, 6.45) is 2.03. The molecule has 1 unspecified atom stereocenters. The average molecular weight is 373 g/mol. The molecule has 1 atom stereocenters. The van der Waals surface area contributed by atoms with Gasteiger partial charge in [0.25, 0.3) is 11.8 Å². The minimum absolute atomic E-state index is 0.0487. The number of hydrogen-bond donors (Lipinski definition) is 0. The van der Waals surface area contributed by atoms with E-state index in [0.717, 1.165) is 18.4 Å². The molecule has 0 saturated carbocycles. The molecule has 2 fully saturated rings. The van der Waals surface area contributed by atoms with Crippen LogP contribution in [0.5, 0.6) is 5.75 Å². The van der Waals surface area contributed by atoms with Crippen LogP contribution in [0.4, 0.5) is 0 Å². The third kappa shape index (κ3) is 3.96. The third-order valence-corrected chi connectivity index (χ3v) is 4.77. The summed E-state index contributed by atoms with van der Waals surface area (Å²) >= 11 is 0. The van der Waals surface area contributed by atoms with Gasteiger partial charge in [-0.1, -0.05) is 17.3 Å². The van der Waals surface area contributed by atoms with E-state index in [1.807, 2.05) is 24.3 Å². The van der Waals surface area contributed by atoms with E-state index in [-0.39, 0.29) is 18.1 Å². The van der Waals surface area contributed by atoms with Gasteiger partial charge in [0.1, 0.15) is 18.0 Å². The standard InChI is InChI=1S/C19H23N3O5/c1-24-10-8-17-20-18(27-21-17)14-5-2-3-6-15(14)26-13-11-22(12-13)19(23)16-7-4-9-25-16/h2-3,5-6,13,16H,4,7-12H2,1H3. The van der Waals surface area contributed by atoms with Crippen LogP contribution in [0.1, 0.15) is 18.7 Å². The highest BCUT2D eigenvalue weighted by Crippen LogP contribution is 2.31. The van der Waals surface area contributed by atoms with E-state index >= 15 is 0 Å². The Balaban J connectivity index is 1.38. The molecular weight excluding hydrogens is 350 g/mol. The van der Waals surface area contributed by atoms with Crippen LogP contribution in [0.15, 0.2) is 28.8 Å². The largest absolute Gasteiger partial charge is 0.486 e. The zero-order chi connectivity index (χ0) is 18.6. The van der Waals surface area contributed by atoms with Gasteiger partial charge in [0.15, 0.2) is 5.82 Å². The number of hydrogen-bond acceptors (Lipinski definition) is 7. The zero-order valence-electron chi connectivity index (χ0n) is 15.3. The van der Waals surface area contributed by atoms with Gasteiger partial charge in [-0.05, 0) is 25.0 Å². The number of para-hydroxylation sites is 1. The van der Waals surface area contributed by atoms with Gasteiger partial charge in [-0.15, -0.1) is 0 Å². The predicted molar refractivity (Wildman–Crippen MR) is 95.3 cm³/mol. The summed E-state index contributed by atoms with van der Waals surface area (Å²) in [4.78, 5) is 18.5. The summed E-state index contributed by atoms with van der Waals surface area (Å²) < 4.78 is 22.0. The van der Waals surface area contributed by atoms with E-state index < -0.39 is 0 Å². The number of aromatic nitrogens is 2. The first-order valence-corrected chi connectivity index (χ1v) is 9.22. The molecular formula is C19H23N3O5. The van der Waals surface area contributed by atoms with Gasteiger partial charge in [-0.2, -0.15) is 4.98 Å². The lowest BCUT2D eigenvalue weighted by molar-refractivity contribution is -0.149. The molecule has 8 heteroatoms. The zero-order valence-corrected chi connectivity index (χ0v) is 15.3. The first-order chi connectivity index (χ1) is 13.2. The second kappa shape index (κ2) is 8.06. The fraction of sp³-hybridized carbons (Fsp3) is 0.526. The second-order valence-electron chi connectivity index (χ2n) is 6.74. The van der Waals surface area contributed by atoms with Crippen LogP contribution >= 0.6 is 0 Å². The van der Waals surface area contributed by atoms with Crippen molar-refractivity contribution in [2.75, 3.05) is 33.4 Å². The van der Waals surface area contributed by atoms with E-state index in [0.29, 0.717) is 50.2 Å². The van der Waals surface area contributed by atoms with Crippen molar-refractivity contribution in [3.63, 3.8) is 0 Å². The van der Waals surface area contributed by atoms with Crippen molar-refractivity contribution in [3.05, 3.63) is 30.1 Å². The number of nitrogens with zero attached hydrogens (tertiary/aromatic N) is 3. The number of rotatable bonds is 7. The van der Waals surface area contributed by atoms with Crippen molar-refractivity contribution < 1.29 is 23.5 Å². The Bertz CT molecular complexity index is 781. The summed E-state index contributed by atoms with van der Waals surface area (Å²) in [5, 5.41) is 3.98. The highest BCUT2D eigenvalue weighted by atomic mass is 16.5. The summed E-state index contributed by atoms with van der Waals surface area (Å²) in [7, 11) is 1.63. The highest BCUT2D eigenvalue weighted by molar-refractivity contribution is 5.82. The van der Waals surface area contributed by atoms with Crippen molar-refractivity contribution in [1.29, 1.82) is 0 Å². The molecule has 2 aliphatic rings. The smallest absolute Gasteiger partial charge is 0.261 e. The van der Waals surface area contributed by atoms with E-state index in [2.05, 4.69) is 10.1 Å². The molecule has 0 bridgehead atoms. The molecule has 3 heterocycles. The Hall–Kier alpha value is -2.45. The molecule has 2 saturated heterocycles. The van der Waals surface area contributed by atoms with Gasteiger partial charge < -0.3 is 23.6 Å². The maximum Gasteiger partial charge on any atom is 0.261 e. The SMILES string of the molecule is COCCc1noc(-c2ccccc2OC2CN(C(=O)C3CCCO3)C2)n1.